The lowest BCUT2D eigenvalue weighted by Crippen LogP contribution is -2.05. The van der Waals surface area contributed by atoms with Gasteiger partial charge in [-0.2, -0.15) is 8.78 Å². The maximum Gasteiger partial charge on any atom is 0.314 e. The standard InChI is InChI=1S/C20H16ClF3N6O/c1-25-8-12-3-2-4-14(17(12)21)16-10-30(29-26-16)9-13-6-5-11(7-15(13)22)19-27-28-20(31-19)18(23)24/h2-7,10,18,25H,8-9H2,1H3. The predicted octanol–water partition coefficient (Wildman–Crippen LogP) is 4.49. The first-order valence-electron chi connectivity index (χ1n) is 9.19. The van der Waals surface area contributed by atoms with Gasteiger partial charge in [0.25, 0.3) is 5.89 Å². The van der Waals surface area contributed by atoms with E-state index in [0.29, 0.717) is 22.8 Å². The maximum absolute atomic E-state index is 14.6. The number of benzene rings is 2. The van der Waals surface area contributed by atoms with Gasteiger partial charge in [0.05, 0.1) is 17.8 Å². The molecule has 4 aromatic rings. The number of nitrogens with zero attached hydrogens (tertiary/aromatic N) is 5. The van der Waals surface area contributed by atoms with Crippen LogP contribution in [0, 0.1) is 5.82 Å². The van der Waals surface area contributed by atoms with Gasteiger partial charge in [-0.3, -0.25) is 0 Å². The number of rotatable bonds is 7. The minimum Gasteiger partial charge on any atom is -0.415 e. The van der Waals surface area contributed by atoms with E-state index in [1.807, 2.05) is 25.2 Å². The summed E-state index contributed by atoms with van der Waals surface area (Å²) < 4.78 is 46.1. The molecule has 1 N–H and O–H groups in total. The highest BCUT2D eigenvalue weighted by atomic mass is 35.5. The highest BCUT2D eigenvalue weighted by Crippen LogP contribution is 2.30. The van der Waals surface area contributed by atoms with E-state index in [1.54, 1.807) is 6.20 Å². The summed E-state index contributed by atoms with van der Waals surface area (Å²) in [4.78, 5) is 0. The van der Waals surface area contributed by atoms with Crippen LogP contribution in [0.3, 0.4) is 0 Å². The Morgan fingerprint density at radius 3 is 2.68 bits per heavy atom. The van der Waals surface area contributed by atoms with Crippen molar-refractivity contribution in [1.29, 1.82) is 0 Å². The summed E-state index contributed by atoms with van der Waals surface area (Å²) >= 11 is 6.47. The molecule has 160 valence electrons. The zero-order valence-corrected chi connectivity index (χ0v) is 16.9. The average Bonchev–Trinajstić information content (AvgIpc) is 3.41. The van der Waals surface area contributed by atoms with Gasteiger partial charge < -0.3 is 9.73 Å². The minimum absolute atomic E-state index is 0.110. The van der Waals surface area contributed by atoms with Gasteiger partial charge in [0.15, 0.2) is 0 Å². The molecule has 2 aromatic heterocycles. The number of hydrogen-bond donors (Lipinski definition) is 1. The SMILES string of the molecule is CNCc1cccc(-c2cn(Cc3ccc(-c4nnc(C(F)F)o4)cc3F)nn2)c1Cl. The van der Waals surface area contributed by atoms with Gasteiger partial charge in [0.2, 0.25) is 5.89 Å². The normalized spacial score (nSPS) is 11.4. The Labute approximate surface area is 179 Å². The van der Waals surface area contributed by atoms with Gasteiger partial charge in [0.1, 0.15) is 11.5 Å². The Morgan fingerprint density at radius 1 is 1.13 bits per heavy atom. The summed E-state index contributed by atoms with van der Waals surface area (Å²) in [7, 11) is 1.83. The van der Waals surface area contributed by atoms with Crippen LogP contribution in [0.25, 0.3) is 22.7 Å². The summed E-state index contributed by atoms with van der Waals surface area (Å²) in [5.41, 5.74) is 2.74. The second-order valence-electron chi connectivity index (χ2n) is 6.66. The first kappa shape index (κ1) is 21.0. The summed E-state index contributed by atoms with van der Waals surface area (Å²) in [6.07, 6.45) is -1.22. The fourth-order valence-corrected chi connectivity index (χ4v) is 3.32. The molecule has 4 rings (SSSR count). The average molecular weight is 449 g/mol. The molecule has 31 heavy (non-hydrogen) atoms. The van der Waals surface area contributed by atoms with E-state index in [2.05, 4.69) is 25.8 Å². The summed E-state index contributed by atoms with van der Waals surface area (Å²) in [6.45, 7) is 0.719. The fraction of sp³-hybridized carbons (Fsp3) is 0.200. The van der Waals surface area contributed by atoms with Crippen LogP contribution in [0.4, 0.5) is 13.2 Å². The largest absolute Gasteiger partial charge is 0.415 e. The number of aromatic nitrogens is 5. The molecule has 0 saturated heterocycles. The third-order valence-electron chi connectivity index (χ3n) is 4.52. The second kappa shape index (κ2) is 8.86. The van der Waals surface area contributed by atoms with Crippen molar-refractivity contribution in [2.45, 2.75) is 19.5 Å². The highest BCUT2D eigenvalue weighted by molar-refractivity contribution is 6.34. The molecule has 0 bridgehead atoms. The molecular formula is C20H16ClF3N6O. The Balaban J connectivity index is 1.54. The van der Waals surface area contributed by atoms with Crippen LogP contribution < -0.4 is 5.32 Å². The molecule has 0 spiro atoms. The Morgan fingerprint density at radius 2 is 1.97 bits per heavy atom. The smallest absolute Gasteiger partial charge is 0.314 e. The van der Waals surface area contributed by atoms with Crippen molar-refractivity contribution >= 4 is 11.6 Å². The third kappa shape index (κ3) is 4.44. The van der Waals surface area contributed by atoms with Crippen LogP contribution >= 0.6 is 11.6 Å². The zero-order valence-electron chi connectivity index (χ0n) is 16.2. The molecule has 0 unspecified atom stereocenters. The molecule has 0 aliphatic rings. The lowest BCUT2D eigenvalue weighted by atomic mass is 10.1. The molecule has 0 radical (unpaired) electrons. The van der Waals surface area contributed by atoms with E-state index in [-0.39, 0.29) is 18.0 Å². The van der Waals surface area contributed by atoms with Gasteiger partial charge in [-0.25, -0.2) is 9.07 Å². The fourth-order valence-electron chi connectivity index (χ4n) is 3.03. The predicted molar refractivity (Wildman–Crippen MR) is 107 cm³/mol. The first-order chi connectivity index (χ1) is 15.0. The van der Waals surface area contributed by atoms with E-state index < -0.39 is 18.1 Å². The van der Waals surface area contributed by atoms with E-state index in [9.17, 15) is 13.2 Å². The number of hydrogen-bond acceptors (Lipinski definition) is 6. The van der Waals surface area contributed by atoms with Crippen molar-refractivity contribution in [3.05, 3.63) is 70.5 Å². The summed E-state index contributed by atoms with van der Waals surface area (Å²) in [5.74, 6) is -1.56. The van der Waals surface area contributed by atoms with Crippen LogP contribution in [-0.4, -0.2) is 32.2 Å². The minimum atomic E-state index is -2.89. The lowest BCUT2D eigenvalue weighted by Gasteiger charge is -2.07. The summed E-state index contributed by atoms with van der Waals surface area (Å²) in [5, 5.41) is 18.6. The Bertz CT molecular complexity index is 1210. The van der Waals surface area contributed by atoms with Crippen LogP contribution in [0.5, 0.6) is 0 Å². The molecular weight excluding hydrogens is 433 g/mol. The lowest BCUT2D eigenvalue weighted by molar-refractivity contribution is 0.116. The van der Waals surface area contributed by atoms with E-state index in [4.69, 9.17) is 16.0 Å². The third-order valence-corrected chi connectivity index (χ3v) is 4.97. The molecule has 2 heterocycles. The first-order valence-corrected chi connectivity index (χ1v) is 9.57. The molecule has 0 aliphatic heterocycles. The molecule has 11 heteroatoms. The van der Waals surface area contributed by atoms with Crippen LogP contribution in [0.1, 0.15) is 23.4 Å². The van der Waals surface area contributed by atoms with E-state index >= 15 is 0 Å². The molecule has 0 aliphatic carbocycles. The van der Waals surface area contributed by atoms with Crippen molar-refractivity contribution in [3.63, 3.8) is 0 Å². The second-order valence-corrected chi connectivity index (χ2v) is 7.04. The summed E-state index contributed by atoms with van der Waals surface area (Å²) in [6, 6.07) is 9.78. The topological polar surface area (TPSA) is 81.7 Å². The zero-order chi connectivity index (χ0) is 22.0. The van der Waals surface area contributed by atoms with Crippen molar-refractivity contribution in [2.75, 3.05) is 7.05 Å². The van der Waals surface area contributed by atoms with Gasteiger partial charge in [-0.1, -0.05) is 41.1 Å². The van der Waals surface area contributed by atoms with Gasteiger partial charge in [-0.15, -0.1) is 15.3 Å². The Kier molecular flexibility index (Phi) is 6.01. The number of halogens is 4. The molecule has 0 amide bonds. The van der Waals surface area contributed by atoms with E-state index in [1.165, 1.54) is 16.8 Å². The van der Waals surface area contributed by atoms with Crippen molar-refractivity contribution in [3.8, 4) is 22.7 Å². The van der Waals surface area contributed by atoms with Crippen molar-refractivity contribution in [2.24, 2.45) is 0 Å². The number of nitrogens with one attached hydrogen (secondary N) is 1. The van der Waals surface area contributed by atoms with Crippen LogP contribution in [0.2, 0.25) is 5.02 Å². The monoisotopic (exact) mass is 448 g/mol. The van der Waals surface area contributed by atoms with Gasteiger partial charge in [-0.05, 0) is 24.7 Å². The molecule has 0 atom stereocenters. The maximum atomic E-state index is 14.6. The van der Waals surface area contributed by atoms with Gasteiger partial charge in [0, 0.05) is 23.2 Å². The van der Waals surface area contributed by atoms with Crippen molar-refractivity contribution < 1.29 is 17.6 Å². The molecule has 0 saturated carbocycles. The van der Waals surface area contributed by atoms with Gasteiger partial charge >= 0.3 is 6.43 Å². The van der Waals surface area contributed by atoms with E-state index in [0.717, 1.165) is 17.2 Å². The molecule has 2 aromatic carbocycles. The quantitative estimate of drug-likeness (QED) is 0.448. The number of alkyl halides is 2. The van der Waals surface area contributed by atoms with Crippen LogP contribution in [-0.2, 0) is 13.1 Å². The molecule has 0 fully saturated rings. The molecule has 7 nitrogen and oxygen atoms in total. The highest BCUT2D eigenvalue weighted by Gasteiger charge is 2.18. The Hall–Kier alpha value is -3.24. The van der Waals surface area contributed by atoms with Crippen molar-refractivity contribution in [1.82, 2.24) is 30.5 Å². The van der Waals surface area contributed by atoms with Crippen LogP contribution in [0.15, 0.2) is 47.0 Å².